The van der Waals surface area contributed by atoms with Crippen molar-refractivity contribution in [2.75, 3.05) is 4.90 Å². The third-order valence-electron chi connectivity index (χ3n) is 4.93. The van der Waals surface area contributed by atoms with Crippen molar-refractivity contribution in [3.8, 4) is 0 Å². The number of carboxylic acids is 1. The van der Waals surface area contributed by atoms with E-state index >= 15 is 0 Å². The number of aryl methyl sites for hydroxylation is 1. The topological polar surface area (TPSA) is 109 Å². The maximum Gasteiger partial charge on any atom is 0.335 e. The van der Waals surface area contributed by atoms with E-state index in [1.165, 1.54) is 10.6 Å². The molecule has 4 rings (SSSR count). The summed E-state index contributed by atoms with van der Waals surface area (Å²) in [5, 5.41) is 12.0. The number of benzene rings is 2. The Kier molecular flexibility index (Phi) is 5.20. The molecule has 1 aliphatic rings. The number of rotatable bonds is 4. The molecule has 2 N–H and O–H groups in total. The molecule has 1 saturated heterocycles. The zero-order valence-electron chi connectivity index (χ0n) is 16.3. The first kappa shape index (κ1) is 20.5. The number of urea groups is 1. The molecule has 3 aromatic rings. The summed E-state index contributed by atoms with van der Waals surface area (Å²) >= 11 is 3.38. The van der Waals surface area contributed by atoms with Gasteiger partial charge in [-0.2, -0.15) is 0 Å². The monoisotopic (exact) mass is 481 g/mol. The molecule has 8 nitrogen and oxygen atoms in total. The minimum Gasteiger partial charge on any atom is -0.480 e. The van der Waals surface area contributed by atoms with Gasteiger partial charge in [-0.1, -0.05) is 34.1 Å². The number of aliphatic carboxylic acids is 1. The molecule has 0 saturated carbocycles. The van der Waals surface area contributed by atoms with Crippen LogP contribution in [0.1, 0.15) is 11.1 Å². The number of nitrogens with zero attached hydrogens (tertiary/aromatic N) is 2. The predicted octanol–water partition coefficient (Wildman–Crippen LogP) is 3.46. The van der Waals surface area contributed by atoms with E-state index in [1.807, 2.05) is 6.92 Å². The minimum absolute atomic E-state index is 0.224. The van der Waals surface area contributed by atoms with Crippen LogP contribution in [0.15, 0.2) is 58.7 Å². The van der Waals surface area contributed by atoms with Gasteiger partial charge in [-0.15, -0.1) is 0 Å². The fraction of sp³-hybridized carbons (Fsp3) is 0.0909. The number of hydrogen-bond acceptors (Lipinski definition) is 4. The van der Waals surface area contributed by atoms with Crippen LogP contribution in [0.4, 0.5) is 10.5 Å². The molecule has 0 atom stereocenters. The molecule has 9 heteroatoms. The number of carboxylic acid groups (broad SMARTS) is 1. The number of aromatic nitrogens is 1. The molecule has 31 heavy (non-hydrogen) atoms. The van der Waals surface area contributed by atoms with Gasteiger partial charge in [0.2, 0.25) is 0 Å². The fourth-order valence-electron chi connectivity index (χ4n) is 3.48. The first-order valence-electron chi connectivity index (χ1n) is 9.23. The van der Waals surface area contributed by atoms with Crippen LogP contribution in [0.5, 0.6) is 0 Å². The summed E-state index contributed by atoms with van der Waals surface area (Å²) in [6.45, 7) is 1.55. The maximum atomic E-state index is 13.1. The van der Waals surface area contributed by atoms with E-state index in [0.717, 1.165) is 14.9 Å². The van der Waals surface area contributed by atoms with E-state index in [-0.39, 0.29) is 12.1 Å². The van der Waals surface area contributed by atoms with Crippen LogP contribution < -0.4 is 10.2 Å². The number of fused-ring (bicyclic) bond motifs is 1. The van der Waals surface area contributed by atoms with Crippen molar-refractivity contribution in [2.24, 2.45) is 0 Å². The summed E-state index contributed by atoms with van der Waals surface area (Å²) < 4.78 is 2.34. The average molecular weight is 482 g/mol. The SMILES string of the molecule is Cc1cc(N2C(=O)NC(=O)/C(=C/c3cn(CC(=O)O)c4ccccc34)C2=O)ccc1Br. The number of amides is 4. The second-order valence-corrected chi connectivity index (χ2v) is 7.87. The quantitative estimate of drug-likeness (QED) is 0.438. The van der Waals surface area contributed by atoms with Crippen LogP contribution in [0.3, 0.4) is 0 Å². The summed E-state index contributed by atoms with van der Waals surface area (Å²) in [7, 11) is 0. The normalized spacial score (nSPS) is 15.6. The standard InChI is InChI=1S/C22H16BrN3O5/c1-12-8-14(6-7-17(12)23)26-21(30)16(20(29)24-22(26)31)9-13-10-25(11-19(27)28)18-5-3-2-4-15(13)18/h2-10H,11H2,1H3,(H,27,28)(H,24,29,31)/b16-9-. The lowest BCUT2D eigenvalue weighted by Gasteiger charge is -2.26. The van der Waals surface area contributed by atoms with Gasteiger partial charge in [0.1, 0.15) is 12.1 Å². The summed E-state index contributed by atoms with van der Waals surface area (Å²) in [6, 6.07) is 11.2. The van der Waals surface area contributed by atoms with Crippen LogP contribution in [0, 0.1) is 6.92 Å². The van der Waals surface area contributed by atoms with Crippen LogP contribution in [-0.4, -0.2) is 33.5 Å². The molecular weight excluding hydrogens is 466 g/mol. The second-order valence-electron chi connectivity index (χ2n) is 7.01. The van der Waals surface area contributed by atoms with Crippen LogP contribution >= 0.6 is 15.9 Å². The summed E-state index contributed by atoms with van der Waals surface area (Å²) in [4.78, 5) is 50.1. The van der Waals surface area contributed by atoms with E-state index in [0.29, 0.717) is 22.2 Å². The highest BCUT2D eigenvalue weighted by molar-refractivity contribution is 9.10. The molecule has 0 bridgehead atoms. The van der Waals surface area contributed by atoms with E-state index in [9.17, 15) is 24.3 Å². The third-order valence-corrected chi connectivity index (χ3v) is 5.82. The number of anilines is 1. The lowest BCUT2D eigenvalue weighted by atomic mass is 10.1. The van der Waals surface area contributed by atoms with Gasteiger partial charge in [0.15, 0.2) is 0 Å². The Bertz CT molecular complexity index is 1310. The number of imide groups is 2. The molecular formula is C22H16BrN3O5. The molecule has 1 fully saturated rings. The average Bonchev–Trinajstić information content (AvgIpc) is 3.04. The molecule has 0 unspecified atom stereocenters. The van der Waals surface area contributed by atoms with Crippen molar-refractivity contribution >= 4 is 62.4 Å². The Morgan fingerprint density at radius 3 is 2.61 bits per heavy atom. The van der Waals surface area contributed by atoms with Crippen molar-refractivity contribution in [2.45, 2.75) is 13.5 Å². The van der Waals surface area contributed by atoms with E-state index < -0.39 is 23.8 Å². The summed E-state index contributed by atoms with van der Waals surface area (Å²) in [6.07, 6.45) is 2.94. The lowest BCUT2D eigenvalue weighted by Crippen LogP contribution is -2.54. The number of carbonyl (C=O) groups is 4. The molecule has 2 aromatic carbocycles. The Balaban J connectivity index is 1.81. The highest BCUT2D eigenvalue weighted by Crippen LogP contribution is 2.28. The van der Waals surface area contributed by atoms with Crippen molar-refractivity contribution in [3.05, 3.63) is 69.8 Å². The number of hydrogen-bond donors (Lipinski definition) is 2. The zero-order valence-corrected chi connectivity index (χ0v) is 17.8. The van der Waals surface area contributed by atoms with Gasteiger partial charge in [-0.3, -0.25) is 19.7 Å². The number of carbonyl (C=O) groups excluding carboxylic acids is 3. The maximum absolute atomic E-state index is 13.1. The Hall–Kier alpha value is -3.72. The van der Waals surface area contributed by atoms with Gasteiger partial charge in [-0.05, 0) is 42.8 Å². The third kappa shape index (κ3) is 3.75. The fourth-order valence-corrected chi connectivity index (χ4v) is 3.73. The highest BCUT2D eigenvalue weighted by atomic mass is 79.9. The van der Waals surface area contributed by atoms with E-state index in [4.69, 9.17) is 0 Å². The summed E-state index contributed by atoms with van der Waals surface area (Å²) in [5.41, 5.74) is 2.07. The molecule has 4 amide bonds. The van der Waals surface area contributed by atoms with Crippen molar-refractivity contribution in [3.63, 3.8) is 0 Å². The van der Waals surface area contributed by atoms with Crippen molar-refractivity contribution < 1.29 is 24.3 Å². The first-order valence-corrected chi connectivity index (χ1v) is 10.0. The minimum atomic E-state index is -1.02. The molecule has 0 spiro atoms. The second kappa shape index (κ2) is 7.84. The van der Waals surface area contributed by atoms with Crippen LogP contribution in [0.25, 0.3) is 17.0 Å². The van der Waals surface area contributed by atoms with E-state index in [1.54, 1.807) is 48.7 Å². The lowest BCUT2D eigenvalue weighted by molar-refractivity contribution is -0.137. The van der Waals surface area contributed by atoms with Gasteiger partial charge in [0.25, 0.3) is 11.8 Å². The number of barbiturate groups is 1. The Morgan fingerprint density at radius 2 is 1.90 bits per heavy atom. The molecule has 1 aromatic heterocycles. The Labute approximate surface area is 184 Å². The van der Waals surface area contributed by atoms with Crippen LogP contribution in [-0.2, 0) is 20.9 Å². The Morgan fingerprint density at radius 1 is 1.16 bits per heavy atom. The number of nitrogens with one attached hydrogen (secondary N) is 1. The summed E-state index contributed by atoms with van der Waals surface area (Å²) in [5.74, 6) is -2.59. The molecule has 0 aliphatic carbocycles. The van der Waals surface area contributed by atoms with Gasteiger partial charge >= 0.3 is 12.0 Å². The van der Waals surface area contributed by atoms with Gasteiger partial charge in [0.05, 0.1) is 5.69 Å². The van der Waals surface area contributed by atoms with Gasteiger partial charge < -0.3 is 9.67 Å². The zero-order chi connectivity index (χ0) is 22.3. The largest absolute Gasteiger partial charge is 0.480 e. The number of para-hydroxylation sites is 1. The van der Waals surface area contributed by atoms with E-state index in [2.05, 4.69) is 21.2 Å². The predicted molar refractivity (Wildman–Crippen MR) is 117 cm³/mol. The van der Waals surface area contributed by atoms with Crippen molar-refractivity contribution in [1.82, 2.24) is 9.88 Å². The smallest absolute Gasteiger partial charge is 0.335 e. The van der Waals surface area contributed by atoms with Gasteiger partial charge in [-0.25, -0.2) is 9.69 Å². The molecule has 2 heterocycles. The van der Waals surface area contributed by atoms with Crippen LogP contribution in [0.2, 0.25) is 0 Å². The highest BCUT2D eigenvalue weighted by Gasteiger charge is 2.37. The van der Waals surface area contributed by atoms with Gasteiger partial charge in [0, 0.05) is 27.1 Å². The molecule has 0 radical (unpaired) electrons. The van der Waals surface area contributed by atoms with Crippen molar-refractivity contribution in [1.29, 1.82) is 0 Å². The number of halogens is 1. The first-order chi connectivity index (χ1) is 14.8. The molecule has 1 aliphatic heterocycles. The molecule has 156 valence electrons.